The van der Waals surface area contributed by atoms with Gasteiger partial charge in [0, 0.05) is 31.2 Å². The van der Waals surface area contributed by atoms with Crippen LogP contribution in [-0.4, -0.2) is 36.1 Å². The van der Waals surface area contributed by atoms with Gasteiger partial charge in [0.25, 0.3) is 0 Å². The van der Waals surface area contributed by atoms with Crippen molar-refractivity contribution in [1.82, 2.24) is 9.88 Å². The van der Waals surface area contributed by atoms with Gasteiger partial charge in [0.2, 0.25) is 0 Å². The van der Waals surface area contributed by atoms with Crippen LogP contribution in [0.3, 0.4) is 0 Å². The molecule has 1 aliphatic carbocycles. The van der Waals surface area contributed by atoms with E-state index in [9.17, 15) is 0 Å². The number of benzene rings is 2. The molecular formula is C41H57N3O. The van der Waals surface area contributed by atoms with Crippen molar-refractivity contribution < 1.29 is 4.74 Å². The first-order valence-corrected chi connectivity index (χ1v) is 17.3. The Morgan fingerprint density at radius 2 is 1.71 bits per heavy atom. The maximum Gasteiger partial charge on any atom is 0.138 e. The molecule has 2 aliphatic rings. The van der Waals surface area contributed by atoms with E-state index >= 15 is 0 Å². The number of hydrogen-bond donors (Lipinski definition) is 0. The van der Waals surface area contributed by atoms with Gasteiger partial charge in [-0.25, -0.2) is 4.98 Å². The zero-order chi connectivity index (χ0) is 32.5. The van der Waals surface area contributed by atoms with E-state index in [4.69, 9.17) is 9.72 Å². The minimum Gasteiger partial charge on any atom is -0.492 e. The zero-order valence-corrected chi connectivity index (χ0v) is 29.2. The zero-order valence-electron chi connectivity index (χ0n) is 29.2. The molecule has 2 aromatic carbocycles. The fourth-order valence-corrected chi connectivity index (χ4v) is 6.72. The van der Waals surface area contributed by atoms with Crippen LogP contribution in [0.1, 0.15) is 111 Å². The minimum absolute atomic E-state index is 0.110. The molecule has 0 radical (unpaired) electrons. The van der Waals surface area contributed by atoms with Gasteiger partial charge in [-0.1, -0.05) is 87.7 Å². The van der Waals surface area contributed by atoms with Crippen molar-refractivity contribution in [2.24, 2.45) is 0 Å². The number of unbranched alkanes of at least 4 members (excludes halogenated alkanes) is 1. The third-order valence-electron chi connectivity index (χ3n) is 9.68. The third-order valence-corrected chi connectivity index (χ3v) is 9.68. The predicted octanol–water partition coefficient (Wildman–Crippen LogP) is 10.3. The van der Waals surface area contributed by atoms with E-state index < -0.39 is 0 Å². The maximum atomic E-state index is 6.17. The van der Waals surface area contributed by atoms with Crippen molar-refractivity contribution in [1.29, 1.82) is 0 Å². The summed E-state index contributed by atoms with van der Waals surface area (Å²) in [7, 11) is 2.19. The molecule has 0 spiro atoms. The molecule has 0 N–H and O–H groups in total. The Bertz CT molecular complexity index is 1420. The number of ether oxygens (including phenoxy) is 1. The van der Waals surface area contributed by atoms with Gasteiger partial charge < -0.3 is 9.64 Å². The largest absolute Gasteiger partial charge is 0.492 e. The number of likely N-dealkylation sites (N-methyl/N-ethyl adjacent to an activating group) is 1. The van der Waals surface area contributed by atoms with Crippen LogP contribution >= 0.6 is 0 Å². The summed E-state index contributed by atoms with van der Waals surface area (Å²) >= 11 is 0. The van der Waals surface area contributed by atoms with E-state index in [0.29, 0.717) is 5.92 Å². The minimum atomic E-state index is -0.121. The molecule has 0 amide bonds. The summed E-state index contributed by atoms with van der Waals surface area (Å²) in [5.41, 5.74) is 11.9. The average molecular weight is 608 g/mol. The molecule has 4 nitrogen and oxygen atoms in total. The Labute approximate surface area is 274 Å². The molecule has 1 aromatic heterocycles. The molecule has 2 heterocycles. The summed E-state index contributed by atoms with van der Waals surface area (Å²) < 4.78 is 6.17. The van der Waals surface area contributed by atoms with Gasteiger partial charge in [0.1, 0.15) is 11.9 Å². The van der Waals surface area contributed by atoms with Gasteiger partial charge in [0.15, 0.2) is 0 Å². The number of anilines is 1. The highest BCUT2D eigenvalue weighted by Gasteiger charge is 2.28. The number of rotatable bonds is 13. The van der Waals surface area contributed by atoms with Crippen molar-refractivity contribution in [3.63, 3.8) is 0 Å². The topological polar surface area (TPSA) is 28.6 Å². The highest BCUT2D eigenvalue weighted by Crippen LogP contribution is 2.41. The lowest BCUT2D eigenvalue weighted by Gasteiger charge is -2.34. The molecule has 3 unspecified atom stereocenters. The summed E-state index contributed by atoms with van der Waals surface area (Å²) in [6.45, 7) is 24.0. The lowest BCUT2D eigenvalue weighted by molar-refractivity contribution is 0.0535. The molecule has 3 aromatic rings. The van der Waals surface area contributed by atoms with Crippen molar-refractivity contribution in [2.75, 3.05) is 25.0 Å². The Kier molecular flexibility index (Phi) is 12.5. The molecule has 3 atom stereocenters. The van der Waals surface area contributed by atoms with E-state index in [1.54, 1.807) is 6.26 Å². The van der Waals surface area contributed by atoms with E-state index in [1.165, 1.54) is 76.6 Å². The van der Waals surface area contributed by atoms with Crippen LogP contribution in [0.5, 0.6) is 0 Å². The summed E-state index contributed by atoms with van der Waals surface area (Å²) in [6, 6.07) is 16.3. The van der Waals surface area contributed by atoms with Gasteiger partial charge in [-0.2, -0.15) is 0 Å². The lowest BCUT2D eigenvalue weighted by Crippen LogP contribution is -2.38. The third kappa shape index (κ3) is 8.27. The highest BCUT2D eigenvalue weighted by atomic mass is 16.5. The summed E-state index contributed by atoms with van der Waals surface area (Å²) in [5, 5.41) is 0. The highest BCUT2D eigenvalue weighted by molar-refractivity contribution is 5.73. The average Bonchev–Trinajstić information content (AvgIpc) is 3.39. The number of hydrogen-bond acceptors (Lipinski definition) is 4. The second-order valence-electron chi connectivity index (χ2n) is 13.1. The maximum absolute atomic E-state index is 6.17. The lowest BCUT2D eigenvalue weighted by atomic mass is 9.89. The Hall–Kier alpha value is -3.37. The molecular weight excluding hydrogens is 550 g/mol. The molecule has 1 saturated heterocycles. The van der Waals surface area contributed by atoms with Crippen molar-refractivity contribution >= 4 is 5.82 Å². The monoisotopic (exact) mass is 607 g/mol. The van der Waals surface area contributed by atoms with Crippen LogP contribution in [0.4, 0.5) is 5.82 Å². The molecule has 1 fully saturated rings. The summed E-state index contributed by atoms with van der Waals surface area (Å²) in [6.07, 6.45) is 11.9. The van der Waals surface area contributed by atoms with E-state index in [-0.39, 0.29) is 12.1 Å². The number of fused-ring (bicyclic) bond motifs is 1. The molecule has 0 bridgehead atoms. The van der Waals surface area contributed by atoms with Gasteiger partial charge in [0.05, 0.1) is 12.0 Å². The second kappa shape index (κ2) is 16.3. The number of pyridine rings is 1. The Morgan fingerprint density at radius 1 is 1.00 bits per heavy atom. The van der Waals surface area contributed by atoms with Crippen LogP contribution in [0.25, 0.3) is 11.1 Å². The Balaban J connectivity index is 0.00000109. The number of nitrogens with zero attached hydrogens (tertiary/aromatic N) is 3. The van der Waals surface area contributed by atoms with E-state index in [0.717, 1.165) is 44.0 Å². The molecule has 4 heteroatoms. The quantitative estimate of drug-likeness (QED) is 0.143. The number of allylic oxidation sites excluding steroid dienone is 1. The predicted molar refractivity (Wildman–Crippen MR) is 193 cm³/mol. The van der Waals surface area contributed by atoms with Crippen LogP contribution in [-0.2, 0) is 24.1 Å². The first-order valence-electron chi connectivity index (χ1n) is 17.3. The van der Waals surface area contributed by atoms with Crippen molar-refractivity contribution in [3.05, 3.63) is 107 Å². The SMILES string of the molecule is C=CCC1CCc2cc(CC)c(-c3ccc(N4CCC4)nc3CN(C)C(C)C(OC=C)c3cc(C)cc(C)c3)cc21.CCCC. The number of aryl methyl sites for hydroxylation is 4. The smallest absolute Gasteiger partial charge is 0.138 e. The van der Waals surface area contributed by atoms with E-state index in [2.05, 4.69) is 120 Å². The first kappa shape index (κ1) is 34.5. The van der Waals surface area contributed by atoms with Crippen LogP contribution in [0.2, 0.25) is 0 Å². The van der Waals surface area contributed by atoms with Gasteiger partial charge >= 0.3 is 0 Å². The van der Waals surface area contributed by atoms with Gasteiger partial charge in [-0.05, 0) is 106 Å². The van der Waals surface area contributed by atoms with Crippen LogP contribution < -0.4 is 4.90 Å². The fraction of sp³-hybridized carbons (Fsp3) is 0.488. The van der Waals surface area contributed by atoms with Crippen LogP contribution in [0.15, 0.2) is 68.0 Å². The molecule has 0 saturated carbocycles. The molecule has 5 rings (SSSR count). The molecule has 45 heavy (non-hydrogen) atoms. The molecule has 1 aliphatic heterocycles. The summed E-state index contributed by atoms with van der Waals surface area (Å²) in [5.74, 6) is 1.66. The summed E-state index contributed by atoms with van der Waals surface area (Å²) in [4.78, 5) is 10.1. The van der Waals surface area contributed by atoms with E-state index in [1.807, 2.05) is 0 Å². The Morgan fingerprint density at radius 3 is 2.29 bits per heavy atom. The first-order chi connectivity index (χ1) is 21.7. The number of aromatic nitrogens is 1. The standard InChI is InChI=1S/C37H47N3O.C4H10/c1-8-12-29-13-14-30-22-28(9-2)34(23-33(29)30)32-15-16-36(40-17-11-18-40)38-35(32)24-39(7)27(6)37(41-10-3)31-20-25(4)19-26(5)21-31;1-3-4-2/h8,10,15-16,19-23,27,29,37H,1,3,9,11-14,17-18,24H2,2,4-7H3;3-4H2,1-2H3. The van der Waals surface area contributed by atoms with Crippen molar-refractivity contribution in [2.45, 2.75) is 111 Å². The van der Waals surface area contributed by atoms with Crippen molar-refractivity contribution in [3.8, 4) is 11.1 Å². The van der Waals surface area contributed by atoms with Gasteiger partial charge in [-0.3, -0.25) is 4.90 Å². The fourth-order valence-electron chi connectivity index (χ4n) is 6.72. The van der Waals surface area contributed by atoms with Gasteiger partial charge in [-0.15, -0.1) is 6.58 Å². The molecule has 242 valence electrons. The van der Waals surface area contributed by atoms with Crippen LogP contribution in [0, 0.1) is 13.8 Å². The normalized spacial score (nSPS) is 16.7. The second-order valence-corrected chi connectivity index (χ2v) is 13.1.